The van der Waals surface area contributed by atoms with Crippen molar-refractivity contribution in [1.29, 1.82) is 0 Å². The van der Waals surface area contributed by atoms with Gasteiger partial charge in [-0.25, -0.2) is 9.59 Å². The number of benzene rings is 6. The van der Waals surface area contributed by atoms with Crippen molar-refractivity contribution in [2.45, 2.75) is 49.2 Å². The number of rotatable bonds is 17. The first-order chi connectivity index (χ1) is 31.6. The zero-order chi connectivity index (χ0) is 45.3. The van der Waals surface area contributed by atoms with Crippen LogP contribution in [0, 0.1) is 0 Å². The maximum atomic E-state index is 13.9. The Bertz CT molecular complexity index is 2560. The Kier molecular flexibility index (Phi) is 13.7. The Morgan fingerprint density at radius 2 is 0.877 bits per heavy atom. The average molecular weight is 873 g/mol. The molecule has 6 aromatic rings. The number of nitrogens with two attached hydrogens (primary N) is 2. The minimum atomic E-state index is -1.08. The lowest BCUT2D eigenvalue weighted by molar-refractivity contribution is -0.124. The average Bonchev–Trinajstić information content (AvgIpc) is 3.82. The lowest BCUT2D eigenvalue weighted by atomic mass is 9.98. The third kappa shape index (κ3) is 10.4. The lowest BCUT2D eigenvalue weighted by Crippen LogP contribution is -2.52. The second-order valence-electron chi connectivity index (χ2n) is 16.4. The van der Waals surface area contributed by atoms with E-state index >= 15 is 0 Å². The molecule has 0 fully saturated rings. The molecule has 13 heteroatoms. The van der Waals surface area contributed by atoms with E-state index in [4.69, 9.17) is 20.9 Å². The normalized spacial score (nSPS) is 13.8. The fourth-order valence-corrected chi connectivity index (χ4v) is 8.77. The van der Waals surface area contributed by atoms with Gasteiger partial charge in [0.25, 0.3) is 0 Å². The molecule has 6 aromatic carbocycles. The molecule has 2 aliphatic rings. The van der Waals surface area contributed by atoms with Crippen molar-refractivity contribution < 1.29 is 33.8 Å². The molecule has 332 valence electrons. The maximum Gasteiger partial charge on any atom is 0.407 e. The number of alkyl carbamates (subject to hydrolysis) is 2. The second kappa shape index (κ2) is 20.2. The van der Waals surface area contributed by atoms with Crippen LogP contribution in [0.1, 0.15) is 51.6 Å². The standard InChI is InChI=1S/C52H52N6O7/c53-34-21-17-32(18-22-34)27-47(57-51(62)64-30-45-41-13-5-1-9-37(41)38-10-2-6-14-42(38)45)49(60)55-26-25-36(29-59)56-50(61)48(28-33-19-23-35(54)24-20-33)58-52(63)65-31-46-43-15-7-3-11-39(43)40-12-4-8-16-44(40)46/h1-24,36,45-48,59H,25-31,53-54H2,(H,55,60)(H,56,61)(H,57,62)(H,58,63). The van der Waals surface area contributed by atoms with Gasteiger partial charge >= 0.3 is 12.2 Å². The van der Waals surface area contributed by atoms with Crippen molar-refractivity contribution in [2.75, 3.05) is 37.8 Å². The number of aliphatic hydroxyl groups excluding tert-OH is 1. The van der Waals surface area contributed by atoms with Crippen molar-refractivity contribution in [3.63, 3.8) is 0 Å². The Morgan fingerprint density at radius 1 is 0.508 bits per heavy atom. The number of ether oxygens (including phenoxy) is 2. The monoisotopic (exact) mass is 872 g/mol. The van der Waals surface area contributed by atoms with Crippen LogP contribution >= 0.6 is 0 Å². The summed E-state index contributed by atoms with van der Waals surface area (Å²) >= 11 is 0. The molecule has 2 aliphatic carbocycles. The van der Waals surface area contributed by atoms with E-state index in [0.717, 1.165) is 55.6 Å². The fourth-order valence-electron chi connectivity index (χ4n) is 8.77. The summed E-state index contributed by atoms with van der Waals surface area (Å²) in [5, 5.41) is 21.5. The predicted octanol–water partition coefficient (Wildman–Crippen LogP) is 6.43. The molecule has 0 saturated heterocycles. The first kappa shape index (κ1) is 44.0. The van der Waals surface area contributed by atoms with Crippen LogP contribution in [-0.2, 0) is 31.9 Å². The van der Waals surface area contributed by atoms with E-state index in [1.807, 2.05) is 84.9 Å². The van der Waals surface area contributed by atoms with Gasteiger partial charge in [-0.15, -0.1) is 0 Å². The van der Waals surface area contributed by atoms with E-state index in [-0.39, 0.29) is 50.9 Å². The highest BCUT2D eigenvalue weighted by atomic mass is 16.6. The number of aliphatic hydroxyl groups is 1. The van der Waals surface area contributed by atoms with Crippen molar-refractivity contribution >= 4 is 35.4 Å². The molecule has 0 aromatic heterocycles. The lowest BCUT2D eigenvalue weighted by Gasteiger charge is -2.24. The molecule has 13 nitrogen and oxygen atoms in total. The fraction of sp³-hybridized carbons (Fsp3) is 0.231. The zero-order valence-electron chi connectivity index (χ0n) is 35.7. The molecule has 0 saturated carbocycles. The number of nitrogens with one attached hydrogen (secondary N) is 4. The predicted molar refractivity (Wildman–Crippen MR) is 250 cm³/mol. The number of carbonyl (C=O) groups is 4. The van der Waals surface area contributed by atoms with Gasteiger partial charge in [-0.2, -0.15) is 0 Å². The van der Waals surface area contributed by atoms with Crippen molar-refractivity contribution in [3.05, 3.63) is 179 Å². The summed E-state index contributed by atoms with van der Waals surface area (Å²) in [5.74, 6) is -1.38. The number of amides is 4. The number of carbonyl (C=O) groups excluding carboxylic acids is 4. The summed E-state index contributed by atoms with van der Waals surface area (Å²) in [5.41, 5.74) is 23.0. The van der Waals surface area contributed by atoms with Crippen LogP contribution in [0.4, 0.5) is 21.0 Å². The van der Waals surface area contributed by atoms with Crippen LogP contribution in [0.2, 0.25) is 0 Å². The maximum absolute atomic E-state index is 13.9. The van der Waals surface area contributed by atoms with Gasteiger partial charge in [0, 0.05) is 42.6 Å². The number of hydrogen-bond acceptors (Lipinski definition) is 9. The Hall–Kier alpha value is -7.64. The first-order valence-corrected chi connectivity index (χ1v) is 21.8. The van der Waals surface area contributed by atoms with Crippen LogP contribution in [-0.4, -0.2) is 73.6 Å². The van der Waals surface area contributed by atoms with E-state index in [9.17, 15) is 24.3 Å². The minimum Gasteiger partial charge on any atom is -0.449 e. The Morgan fingerprint density at radius 3 is 1.26 bits per heavy atom. The summed E-state index contributed by atoms with van der Waals surface area (Å²) in [7, 11) is 0. The van der Waals surface area contributed by atoms with Gasteiger partial charge in [0.15, 0.2) is 0 Å². The summed E-state index contributed by atoms with van der Waals surface area (Å²) in [6.45, 7) is -0.278. The summed E-state index contributed by atoms with van der Waals surface area (Å²) in [6, 6.07) is 43.1. The Labute approximate surface area is 377 Å². The van der Waals surface area contributed by atoms with Gasteiger partial charge in [0.05, 0.1) is 12.6 Å². The third-order valence-electron chi connectivity index (χ3n) is 12.1. The van der Waals surface area contributed by atoms with E-state index in [2.05, 4.69) is 33.4 Å². The van der Waals surface area contributed by atoms with E-state index in [1.165, 1.54) is 0 Å². The van der Waals surface area contributed by atoms with Gasteiger partial charge in [0.2, 0.25) is 11.8 Å². The SMILES string of the molecule is Nc1ccc(CC(NC(=O)OCC2c3ccccc3-c3ccccc32)C(=O)NCCC(CO)NC(=O)C(Cc2ccc(N)cc2)NC(=O)OCC2c3ccccc3-c3ccccc32)cc1. The van der Waals surface area contributed by atoms with Crippen LogP contribution < -0.4 is 32.7 Å². The zero-order valence-corrected chi connectivity index (χ0v) is 35.7. The van der Waals surface area contributed by atoms with Gasteiger partial charge in [-0.3, -0.25) is 9.59 Å². The van der Waals surface area contributed by atoms with E-state index in [0.29, 0.717) is 11.4 Å². The molecule has 3 unspecified atom stereocenters. The molecule has 0 radical (unpaired) electrons. The smallest absolute Gasteiger partial charge is 0.407 e. The quantitative estimate of drug-likeness (QED) is 0.0503. The summed E-state index contributed by atoms with van der Waals surface area (Å²) in [6.07, 6.45) is -1.14. The highest BCUT2D eigenvalue weighted by Gasteiger charge is 2.32. The highest BCUT2D eigenvalue weighted by Crippen LogP contribution is 2.45. The molecular formula is C52H52N6O7. The topological polar surface area (TPSA) is 207 Å². The molecule has 0 bridgehead atoms. The molecule has 0 heterocycles. The number of nitrogen functional groups attached to an aromatic ring is 2. The van der Waals surface area contributed by atoms with Crippen molar-refractivity contribution in [3.8, 4) is 22.3 Å². The molecule has 8 rings (SSSR count). The largest absolute Gasteiger partial charge is 0.449 e. The molecule has 0 aliphatic heterocycles. The molecule has 4 amide bonds. The summed E-state index contributed by atoms with van der Waals surface area (Å²) in [4.78, 5) is 54.4. The van der Waals surface area contributed by atoms with E-state index in [1.54, 1.807) is 48.5 Å². The highest BCUT2D eigenvalue weighted by molar-refractivity contribution is 5.87. The minimum absolute atomic E-state index is 0.0391. The van der Waals surface area contributed by atoms with Gasteiger partial charge < -0.3 is 47.3 Å². The van der Waals surface area contributed by atoms with Crippen LogP contribution in [0.15, 0.2) is 146 Å². The van der Waals surface area contributed by atoms with Crippen LogP contribution in [0.25, 0.3) is 22.3 Å². The van der Waals surface area contributed by atoms with Crippen LogP contribution in [0.3, 0.4) is 0 Å². The number of fused-ring (bicyclic) bond motifs is 6. The molecule has 65 heavy (non-hydrogen) atoms. The molecular weight excluding hydrogens is 821 g/mol. The number of anilines is 2. The van der Waals surface area contributed by atoms with Gasteiger partial charge in [-0.05, 0) is 86.3 Å². The third-order valence-corrected chi connectivity index (χ3v) is 12.1. The molecule has 9 N–H and O–H groups in total. The van der Waals surface area contributed by atoms with Crippen molar-refractivity contribution in [2.24, 2.45) is 0 Å². The van der Waals surface area contributed by atoms with Crippen molar-refractivity contribution in [1.82, 2.24) is 21.3 Å². The molecule has 3 atom stereocenters. The molecule has 0 spiro atoms. The Balaban J connectivity index is 0.881. The van der Waals surface area contributed by atoms with E-state index < -0.39 is 48.7 Å². The van der Waals surface area contributed by atoms with Crippen LogP contribution in [0.5, 0.6) is 0 Å². The van der Waals surface area contributed by atoms with Gasteiger partial charge in [0.1, 0.15) is 25.3 Å². The number of hydrogen-bond donors (Lipinski definition) is 7. The summed E-state index contributed by atoms with van der Waals surface area (Å²) < 4.78 is 11.5. The van der Waals surface area contributed by atoms with Gasteiger partial charge in [-0.1, -0.05) is 121 Å². The second-order valence-corrected chi connectivity index (χ2v) is 16.4. The first-order valence-electron chi connectivity index (χ1n) is 21.8.